The molecule has 1 aromatic carbocycles. The zero-order chi connectivity index (χ0) is 16.5. The fourth-order valence-corrected chi connectivity index (χ4v) is 3.56. The van der Waals surface area contributed by atoms with Gasteiger partial charge >= 0.3 is 5.97 Å². The van der Waals surface area contributed by atoms with E-state index in [0.717, 1.165) is 0 Å². The highest BCUT2D eigenvalue weighted by Gasteiger charge is 2.29. The van der Waals surface area contributed by atoms with E-state index in [9.17, 15) is 13.2 Å². The Morgan fingerprint density at radius 2 is 2.09 bits per heavy atom. The zero-order valence-electron chi connectivity index (χ0n) is 12.7. The molecule has 2 N–H and O–H groups in total. The number of carboxylic acid groups (broad SMARTS) is 1. The molecule has 0 aromatic heterocycles. The summed E-state index contributed by atoms with van der Waals surface area (Å²) in [5.74, 6) is -0.945. The first-order valence-corrected chi connectivity index (χ1v) is 8.44. The van der Waals surface area contributed by atoms with Gasteiger partial charge in [0.2, 0.25) is 10.0 Å². The molecule has 0 bridgehead atoms. The second-order valence-electron chi connectivity index (χ2n) is 5.58. The number of sulfonamides is 1. The summed E-state index contributed by atoms with van der Waals surface area (Å²) in [6, 6.07) is 3.33. The number of anilines is 1. The van der Waals surface area contributed by atoms with Gasteiger partial charge in [0, 0.05) is 7.05 Å². The molecule has 1 aliphatic heterocycles. The summed E-state index contributed by atoms with van der Waals surface area (Å²) in [4.78, 5) is 13.1. The van der Waals surface area contributed by atoms with Gasteiger partial charge < -0.3 is 14.7 Å². The number of likely N-dealkylation sites (N-methyl/N-ethyl adjacent to an activating group) is 1. The minimum absolute atomic E-state index is 0.0236. The molecule has 0 fully saturated rings. The number of aliphatic carboxylic acids is 1. The number of fused-ring (bicyclic) bond motifs is 1. The first-order chi connectivity index (χ1) is 10.2. The lowest BCUT2D eigenvalue weighted by atomic mass is 10.1. The molecular weight excluding hydrogens is 308 g/mol. The molecule has 0 spiro atoms. The van der Waals surface area contributed by atoms with Crippen molar-refractivity contribution in [3.8, 4) is 5.75 Å². The SMILES string of the molecule is CC(C)C(NS(=O)(=O)c1ccc2c(c1)N(C)CCO2)C(=O)O. The van der Waals surface area contributed by atoms with Crippen LogP contribution in [0.15, 0.2) is 23.1 Å². The van der Waals surface area contributed by atoms with Crippen LogP contribution in [0.2, 0.25) is 0 Å². The van der Waals surface area contributed by atoms with Gasteiger partial charge in [-0.2, -0.15) is 4.72 Å². The quantitative estimate of drug-likeness (QED) is 0.834. The van der Waals surface area contributed by atoms with Crippen molar-refractivity contribution < 1.29 is 23.1 Å². The number of nitrogens with zero attached hydrogens (tertiary/aromatic N) is 1. The maximum atomic E-state index is 12.4. The Hall–Kier alpha value is -1.80. The lowest BCUT2D eigenvalue weighted by Gasteiger charge is -2.28. The van der Waals surface area contributed by atoms with Crippen LogP contribution in [0.4, 0.5) is 5.69 Å². The topological polar surface area (TPSA) is 95.9 Å². The van der Waals surface area contributed by atoms with Crippen LogP contribution in [-0.4, -0.2) is 45.7 Å². The second kappa shape index (κ2) is 6.13. The van der Waals surface area contributed by atoms with Crippen molar-refractivity contribution in [2.75, 3.05) is 25.1 Å². The predicted molar refractivity (Wildman–Crippen MR) is 81.8 cm³/mol. The Morgan fingerprint density at radius 3 is 2.68 bits per heavy atom. The molecule has 0 radical (unpaired) electrons. The summed E-state index contributed by atoms with van der Waals surface area (Å²) >= 11 is 0. The molecule has 0 saturated heterocycles. The van der Waals surface area contributed by atoms with Gasteiger partial charge in [0.1, 0.15) is 18.4 Å². The van der Waals surface area contributed by atoms with Crippen molar-refractivity contribution in [2.45, 2.75) is 24.8 Å². The second-order valence-corrected chi connectivity index (χ2v) is 7.29. The summed E-state index contributed by atoms with van der Waals surface area (Å²) in [7, 11) is -2.07. The number of nitrogens with one attached hydrogen (secondary N) is 1. The van der Waals surface area contributed by atoms with Crippen LogP contribution in [0, 0.1) is 5.92 Å². The van der Waals surface area contributed by atoms with Crippen molar-refractivity contribution in [1.29, 1.82) is 0 Å². The minimum atomic E-state index is -3.92. The van der Waals surface area contributed by atoms with Gasteiger partial charge in [-0.15, -0.1) is 0 Å². The number of rotatable bonds is 5. The summed E-state index contributed by atoms with van der Waals surface area (Å²) in [5.41, 5.74) is 0.672. The summed E-state index contributed by atoms with van der Waals surface area (Å²) in [5, 5.41) is 9.13. The van der Waals surface area contributed by atoms with Crippen molar-refractivity contribution in [1.82, 2.24) is 4.72 Å². The molecule has 1 unspecified atom stereocenters. The summed E-state index contributed by atoms with van der Waals surface area (Å²) in [6.45, 7) is 4.50. The van der Waals surface area contributed by atoms with Crippen LogP contribution < -0.4 is 14.4 Å². The Balaban J connectivity index is 2.34. The van der Waals surface area contributed by atoms with Gasteiger partial charge in [-0.3, -0.25) is 4.79 Å². The molecule has 1 aromatic rings. The fourth-order valence-electron chi connectivity index (χ4n) is 2.20. The predicted octanol–water partition coefficient (Wildman–Crippen LogP) is 0.903. The first kappa shape index (κ1) is 16.6. The Morgan fingerprint density at radius 1 is 1.41 bits per heavy atom. The van der Waals surface area contributed by atoms with Gasteiger partial charge in [-0.1, -0.05) is 13.8 Å². The third-order valence-corrected chi connectivity index (χ3v) is 4.99. The van der Waals surface area contributed by atoms with E-state index < -0.39 is 22.0 Å². The summed E-state index contributed by atoms with van der Waals surface area (Å²) < 4.78 is 32.5. The molecule has 7 nitrogen and oxygen atoms in total. The van der Waals surface area contributed by atoms with E-state index >= 15 is 0 Å². The van der Waals surface area contributed by atoms with Gasteiger partial charge in [-0.05, 0) is 24.1 Å². The highest BCUT2D eigenvalue weighted by atomic mass is 32.2. The minimum Gasteiger partial charge on any atom is -0.490 e. The Labute approximate surface area is 129 Å². The van der Waals surface area contributed by atoms with Gasteiger partial charge in [-0.25, -0.2) is 8.42 Å². The molecule has 1 aliphatic rings. The van der Waals surface area contributed by atoms with Crippen LogP contribution in [0.5, 0.6) is 5.75 Å². The highest BCUT2D eigenvalue weighted by molar-refractivity contribution is 7.89. The standard InChI is InChI=1S/C14H20N2O5S/c1-9(2)13(14(17)18)15-22(19,20)10-4-5-12-11(8-10)16(3)6-7-21-12/h4-5,8-9,13,15H,6-7H2,1-3H3,(H,17,18). The number of hydrogen-bond donors (Lipinski definition) is 2. The van der Waals surface area contributed by atoms with E-state index in [1.54, 1.807) is 19.9 Å². The van der Waals surface area contributed by atoms with Crippen molar-refractivity contribution in [2.24, 2.45) is 5.92 Å². The smallest absolute Gasteiger partial charge is 0.322 e. The lowest BCUT2D eigenvalue weighted by Crippen LogP contribution is -2.44. The van der Waals surface area contributed by atoms with Gasteiger partial charge in [0.15, 0.2) is 0 Å². The largest absolute Gasteiger partial charge is 0.490 e. The van der Waals surface area contributed by atoms with Crippen molar-refractivity contribution in [3.63, 3.8) is 0 Å². The van der Waals surface area contributed by atoms with E-state index in [4.69, 9.17) is 9.84 Å². The van der Waals surface area contributed by atoms with E-state index in [1.165, 1.54) is 12.1 Å². The van der Waals surface area contributed by atoms with Crippen LogP contribution >= 0.6 is 0 Å². The molecule has 1 heterocycles. The summed E-state index contributed by atoms with van der Waals surface area (Å²) in [6.07, 6.45) is 0. The number of ether oxygens (including phenoxy) is 1. The first-order valence-electron chi connectivity index (χ1n) is 6.95. The molecule has 8 heteroatoms. The normalized spacial score (nSPS) is 16.1. The number of carbonyl (C=O) groups is 1. The van der Waals surface area contributed by atoms with Crippen LogP contribution in [0.1, 0.15) is 13.8 Å². The number of carboxylic acids is 1. The average molecular weight is 328 g/mol. The molecule has 0 aliphatic carbocycles. The fraction of sp³-hybridized carbons (Fsp3) is 0.500. The maximum Gasteiger partial charge on any atom is 0.322 e. The van der Waals surface area contributed by atoms with Gasteiger partial charge in [0.05, 0.1) is 17.1 Å². The van der Waals surface area contributed by atoms with Crippen molar-refractivity contribution in [3.05, 3.63) is 18.2 Å². The number of benzene rings is 1. The van der Waals surface area contributed by atoms with Gasteiger partial charge in [0.25, 0.3) is 0 Å². The average Bonchev–Trinajstić information content (AvgIpc) is 2.44. The third-order valence-electron chi connectivity index (χ3n) is 3.55. The maximum absolute atomic E-state index is 12.4. The molecule has 22 heavy (non-hydrogen) atoms. The van der Waals surface area contributed by atoms with Crippen LogP contribution in [0.3, 0.4) is 0 Å². The number of hydrogen-bond acceptors (Lipinski definition) is 5. The molecule has 1 atom stereocenters. The molecule has 0 saturated carbocycles. The highest BCUT2D eigenvalue weighted by Crippen LogP contribution is 2.32. The monoisotopic (exact) mass is 328 g/mol. The van der Waals surface area contributed by atoms with Crippen LogP contribution in [0.25, 0.3) is 0 Å². The van der Waals surface area contributed by atoms with Crippen LogP contribution in [-0.2, 0) is 14.8 Å². The van der Waals surface area contributed by atoms with E-state index in [0.29, 0.717) is 24.6 Å². The molecule has 122 valence electrons. The van der Waals surface area contributed by atoms with E-state index in [-0.39, 0.29) is 10.8 Å². The van der Waals surface area contributed by atoms with Crippen molar-refractivity contribution >= 4 is 21.7 Å². The lowest BCUT2D eigenvalue weighted by molar-refractivity contribution is -0.140. The molecule has 0 amide bonds. The Bertz CT molecular complexity index is 672. The third kappa shape index (κ3) is 3.33. The molecular formula is C14H20N2O5S. The Kier molecular flexibility index (Phi) is 4.62. The zero-order valence-corrected chi connectivity index (χ0v) is 13.6. The van der Waals surface area contributed by atoms with E-state index in [1.807, 2.05) is 11.9 Å². The van der Waals surface area contributed by atoms with E-state index in [2.05, 4.69) is 4.72 Å². The molecule has 2 rings (SSSR count).